The Kier molecular flexibility index (Phi) is 3.31. The maximum absolute atomic E-state index is 12.3. The molecule has 0 aromatic heterocycles. The third-order valence-corrected chi connectivity index (χ3v) is 3.27. The number of amides is 1. The average Bonchev–Trinajstić information content (AvgIpc) is 2.85. The predicted octanol–water partition coefficient (Wildman–Crippen LogP) is 2.55. The van der Waals surface area contributed by atoms with Gasteiger partial charge in [-0.25, -0.2) is 4.79 Å². The Balaban J connectivity index is 1.86. The van der Waals surface area contributed by atoms with Gasteiger partial charge in [-0.05, 0) is 24.3 Å². The molecule has 1 N–H and O–H groups in total. The Labute approximate surface area is 121 Å². The molecule has 5 heteroatoms. The third kappa shape index (κ3) is 2.45. The van der Waals surface area contributed by atoms with Gasteiger partial charge in [0.1, 0.15) is 5.75 Å². The van der Waals surface area contributed by atoms with Crippen LogP contribution >= 0.6 is 0 Å². The molecule has 1 amide bonds. The zero-order valence-electron chi connectivity index (χ0n) is 11.3. The number of anilines is 1. The largest absolute Gasteiger partial charge is 0.497 e. The Morgan fingerprint density at radius 3 is 2.67 bits per heavy atom. The highest BCUT2D eigenvalue weighted by molar-refractivity contribution is 6.03. The van der Waals surface area contributed by atoms with Crippen LogP contribution in [0.5, 0.6) is 5.75 Å². The summed E-state index contributed by atoms with van der Waals surface area (Å²) < 4.78 is 10.2. The Morgan fingerprint density at radius 2 is 1.95 bits per heavy atom. The van der Waals surface area contributed by atoms with E-state index in [0.29, 0.717) is 22.6 Å². The molecule has 1 aliphatic rings. The van der Waals surface area contributed by atoms with Crippen molar-refractivity contribution >= 4 is 17.6 Å². The number of cyclic esters (lactones) is 1. The molecule has 2 aromatic carbocycles. The molecule has 2 aromatic rings. The van der Waals surface area contributed by atoms with E-state index in [9.17, 15) is 9.59 Å². The zero-order chi connectivity index (χ0) is 14.8. The summed E-state index contributed by atoms with van der Waals surface area (Å²) in [6.45, 7) is 0. The highest BCUT2D eigenvalue weighted by Crippen LogP contribution is 2.33. The summed E-state index contributed by atoms with van der Waals surface area (Å²) in [5, 5.41) is 2.73. The normalized spacial score (nSPS) is 16.0. The number of para-hydroxylation sites is 1. The molecular weight excluding hydrogens is 270 g/mol. The summed E-state index contributed by atoms with van der Waals surface area (Å²) >= 11 is 0. The fourth-order valence-electron chi connectivity index (χ4n) is 2.23. The van der Waals surface area contributed by atoms with E-state index < -0.39 is 12.1 Å². The van der Waals surface area contributed by atoms with Gasteiger partial charge in [0, 0.05) is 11.3 Å². The summed E-state index contributed by atoms with van der Waals surface area (Å²) in [4.78, 5) is 24.1. The van der Waals surface area contributed by atoms with Gasteiger partial charge < -0.3 is 14.8 Å². The number of ether oxygens (including phenoxy) is 2. The zero-order valence-corrected chi connectivity index (χ0v) is 11.3. The molecule has 106 valence electrons. The fraction of sp³-hybridized carbons (Fsp3) is 0.125. The quantitative estimate of drug-likeness (QED) is 0.879. The van der Waals surface area contributed by atoms with Crippen LogP contribution in [-0.4, -0.2) is 19.0 Å². The molecule has 5 nitrogen and oxygen atoms in total. The molecular formula is C16H13NO4. The number of carbonyl (C=O) groups is 2. The van der Waals surface area contributed by atoms with Crippen LogP contribution < -0.4 is 10.1 Å². The lowest BCUT2D eigenvalue weighted by molar-refractivity contribution is -0.124. The number of nitrogens with one attached hydrogen (secondary N) is 1. The number of rotatable bonds is 3. The first kappa shape index (κ1) is 13.2. The van der Waals surface area contributed by atoms with Crippen LogP contribution in [-0.2, 0) is 9.53 Å². The Bertz CT molecular complexity index is 697. The summed E-state index contributed by atoms with van der Waals surface area (Å²) in [6, 6.07) is 14.0. The molecule has 1 aliphatic heterocycles. The van der Waals surface area contributed by atoms with Gasteiger partial charge in [0.25, 0.3) is 5.91 Å². The van der Waals surface area contributed by atoms with E-state index in [-0.39, 0.29) is 5.91 Å². The lowest BCUT2D eigenvalue weighted by Gasteiger charge is -2.11. The van der Waals surface area contributed by atoms with Crippen LogP contribution in [0.15, 0.2) is 48.5 Å². The summed E-state index contributed by atoms with van der Waals surface area (Å²) in [6.07, 6.45) is -0.932. The number of fused-ring (bicyclic) bond motifs is 1. The number of esters is 1. The van der Waals surface area contributed by atoms with E-state index in [4.69, 9.17) is 9.47 Å². The first-order valence-corrected chi connectivity index (χ1v) is 6.44. The van der Waals surface area contributed by atoms with Gasteiger partial charge in [-0.2, -0.15) is 0 Å². The molecule has 0 aliphatic carbocycles. The number of hydrogen-bond acceptors (Lipinski definition) is 4. The van der Waals surface area contributed by atoms with Crippen LogP contribution in [0.4, 0.5) is 5.69 Å². The maximum Gasteiger partial charge on any atom is 0.339 e. The summed E-state index contributed by atoms with van der Waals surface area (Å²) in [7, 11) is 1.52. The SMILES string of the molecule is COc1ccc2c(c1)C(=O)OC2C(=O)Nc1ccccc1. The van der Waals surface area contributed by atoms with Crippen LogP contribution in [0.1, 0.15) is 22.0 Å². The van der Waals surface area contributed by atoms with Gasteiger partial charge >= 0.3 is 5.97 Å². The number of benzene rings is 2. The van der Waals surface area contributed by atoms with Crippen LogP contribution in [0, 0.1) is 0 Å². The van der Waals surface area contributed by atoms with Gasteiger partial charge in [0.2, 0.25) is 6.10 Å². The van der Waals surface area contributed by atoms with Crippen molar-refractivity contribution < 1.29 is 19.1 Å². The van der Waals surface area contributed by atoms with Gasteiger partial charge in [0.15, 0.2) is 0 Å². The first-order valence-electron chi connectivity index (χ1n) is 6.44. The second-order valence-corrected chi connectivity index (χ2v) is 4.59. The van der Waals surface area contributed by atoms with E-state index in [1.807, 2.05) is 18.2 Å². The van der Waals surface area contributed by atoms with Crippen LogP contribution in [0.25, 0.3) is 0 Å². The summed E-state index contributed by atoms with van der Waals surface area (Å²) in [5.74, 6) is -0.342. The molecule has 0 saturated carbocycles. The highest BCUT2D eigenvalue weighted by atomic mass is 16.6. The molecule has 0 saturated heterocycles. The molecule has 0 fully saturated rings. The van der Waals surface area contributed by atoms with E-state index in [1.165, 1.54) is 7.11 Å². The number of hydrogen-bond donors (Lipinski definition) is 1. The molecule has 0 bridgehead atoms. The average molecular weight is 283 g/mol. The van der Waals surface area contributed by atoms with Gasteiger partial charge in [-0.15, -0.1) is 0 Å². The number of carbonyl (C=O) groups excluding carboxylic acids is 2. The molecule has 1 atom stereocenters. The van der Waals surface area contributed by atoms with Crippen molar-refractivity contribution in [1.29, 1.82) is 0 Å². The smallest absolute Gasteiger partial charge is 0.339 e. The van der Waals surface area contributed by atoms with Crippen LogP contribution in [0.2, 0.25) is 0 Å². The van der Waals surface area contributed by atoms with E-state index in [2.05, 4.69) is 5.32 Å². The van der Waals surface area contributed by atoms with Crippen molar-refractivity contribution in [3.63, 3.8) is 0 Å². The predicted molar refractivity (Wildman–Crippen MR) is 76.2 cm³/mol. The molecule has 0 spiro atoms. The molecule has 21 heavy (non-hydrogen) atoms. The van der Waals surface area contributed by atoms with Crippen molar-refractivity contribution in [3.05, 3.63) is 59.7 Å². The second kappa shape index (κ2) is 5.28. The van der Waals surface area contributed by atoms with Gasteiger partial charge in [0.05, 0.1) is 12.7 Å². The molecule has 1 unspecified atom stereocenters. The summed E-state index contributed by atoms with van der Waals surface area (Å²) in [5.41, 5.74) is 1.57. The lowest BCUT2D eigenvalue weighted by atomic mass is 10.0. The minimum Gasteiger partial charge on any atom is -0.497 e. The third-order valence-electron chi connectivity index (χ3n) is 3.27. The van der Waals surface area contributed by atoms with Crippen molar-refractivity contribution in [1.82, 2.24) is 0 Å². The minimum absolute atomic E-state index is 0.363. The fourth-order valence-corrected chi connectivity index (χ4v) is 2.23. The van der Waals surface area contributed by atoms with Crippen molar-refractivity contribution in [2.24, 2.45) is 0 Å². The second-order valence-electron chi connectivity index (χ2n) is 4.59. The minimum atomic E-state index is -0.932. The van der Waals surface area contributed by atoms with Gasteiger partial charge in [-0.1, -0.05) is 24.3 Å². The molecule has 3 rings (SSSR count). The first-order chi connectivity index (χ1) is 10.2. The lowest BCUT2D eigenvalue weighted by Crippen LogP contribution is -2.21. The van der Waals surface area contributed by atoms with Crippen molar-refractivity contribution in [2.75, 3.05) is 12.4 Å². The topological polar surface area (TPSA) is 64.6 Å². The molecule has 0 radical (unpaired) electrons. The Morgan fingerprint density at radius 1 is 1.19 bits per heavy atom. The maximum atomic E-state index is 12.3. The van der Waals surface area contributed by atoms with E-state index in [0.717, 1.165) is 0 Å². The van der Waals surface area contributed by atoms with Crippen molar-refractivity contribution in [3.8, 4) is 5.75 Å². The van der Waals surface area contributed by atoms with E-state index in [1.54, 1.807) is 30.3 Å². The van der Waals surface area contributed by atoms with E-state index >= 15 is 0 Å². The van der Waals surface area contributed by atoms with Crippen molar-refractivity contribution in [2.45, 2.75) is 6.10 Å². The van der Waals surface area contributed by atoms with Crippen LogP contribution in [0.3, 0.4) is 0 Å². The molecule has 1 heterocycles. The van der Waals surface area contributed by atoms with Gasteiger partial charge in [-0.3, -0.25) is 4.79 Å². The standard InChI is InChI=1S/C16H13NO4/c1-20-11-7-8-12-13(9-11)16(19)21-14(12)15(18)17-10-5-3-2-4-6-10/h2-9,14H,1H3,(H,17,18). The number of methoxy groups -OCH3 is 1. The Hall–Kier alpha value is -2.82. The monoisotopic (exact) mass is 283 g/mol. The highest BCUT2D eigenvalue weighted by Gasteiger charge is 2.36.